The van der Waals surface area contributed by atoms with Crippen LogP contribution in [0.5, 0.6) is 17.2 Å². The molecule has 0 saturated carbocycles. The van der Waals surface area contributed by atoms with Crippen LogP contribution in [0.2, 0.25) is 0 Å². The summed E-state index contributed by atoms with van der Waals surface area (Å²) < 4.78 is 21.1. The lowest BCUT2D eigenvalue weighted by Crippen LogP contribution is -2.36. The van der Waals surface area contributed by atoms with Crippen molar-refractivity contribution in [2.24, 2.45) is 0 Å². The zero-order chi connectivity index (χ0) is 21.4. The highest BCUT2D eigenvalue weighted by molar-refractivity contribution is 5.83. The van der Waals surface area contributed by atoms with Crippen LogP contribution in [0.15, 0.2) is 36.4 Å². The number of para-hydroxylation sites is 1. The first-order valence-corrected chi connectivity index (χ1v) is 9.22. The lowest BCUT2D eigenvalue weighted by molar-refractivity contribution is -0.156. The van der Waals surface area contributed by atoms with Gasteiger partial charge in [-0.2, -0.15) is 0 Å². The summed E-state index contributed by atoms with van der Waals surface area (Å²) in [6.07, 6.45) is -0.941. The number of carbonyl (C=O) groups is 2. The van der Waals surface area contributed by atoms with Gasteiger partial charge in [0.1, 0.15) is 5.75 Å². The van der Waals surface area contributed by atoms with Crippen LogP contribution in [0.4, 0.5) is 0 Å². The molecule has 29 heavy (non-hydrogen) atoms. The summed E-state index contributed by atoms with van der Waals surface area (Å²) in [6, 6.07) is 11.1. The Kier molecular flexibility index (Phi) is 7.88. The van der Waals surface area contributed by atoms with Gasteiger partial charge >= 0.3 is 5.97 Å². The fraction of sp³-hybridized carbons (Fsp3) is 0.364. The van der Waals surface area contributed by atoms with Crippen LogP contribution in [0, 0.1) is 13.8 Å². The van der Waals surface area contributed by atoms with Crippen LogP contribution in [-0.2, 0) is 20.9 Å². The van der Waals surface area contributed by atoms with Crippen molar-refractivity contribution in [3.05, 3.63) is 53.1 Å². The van der Waals surface area contributed by atoms with Crippen molar-refractivity contribution in [2.45, 2.75) is 33.4 Å². The van der Waals surface area contributed by atoms with E-state index < -0.39 is 18.0 Å². The highest BCUT2D eigenvalue weighted by Crippen LogP contribution is 2.27. The van der Waals surface area contributed by atoms with Crippen LogP contribution >= 0.6 is 0 Å². The number of hydrogen-bond donors (Lipinski definition) is 1. The quantitative estimate of drug-likeness (QED) is 0.651. The second kappa shape index (κ2) is 10.4. The maximum absolute atomic E-state index is 12.2. The van der Waals surface area contributed by atoms with Crippen molar-refractivity contribution < 1.29 is 28.5 Å². The van der Waals surface area contributed by atoms with Gasteiger partial charge in [-0.25, -0.2) is 4.79 Å². The van der Waals surface area contributed by atoms with Gasteiger partial charge in [-0.05, 0) is 49.6 Å². The van der Waals surface area contributed by atoms with E-state index in [1.807, 2.05) is 38.1 Å². The molecule has 0 saturated heterocycles. The molecule has 0 heterocycles. The second-order valence-corrected chi connectivity index (χ2v) is 6.55. The molecule has 1 atom stereocenters. The molecule has 0 aliphatic rings. The average Bonchev–Trinajstić information content (AvgIpc) is 2.71. The predicted octanol–water partition coefficient (Wildman–Crippen LogP) is 2.95. The Balaban J connectivity index is 1.83. The SMILES string of the molecule is COc1ccc(CNC(=O)[C@H](C)OC(=O)COc2c(C)cccc2C)cc1OC. The molecular weight excluding hydrogens is 374 g/mol. The van der Waals surface area contributed by atoms with E-state index in [0.717, 1.165) is 16.7 Å². The standard InChI is InChI=1S/C22H27NO6/c1-14-7-6-8-15(2)21(14)28-13-20(24)29-16(3)22(25)23-12-17-9-10-18(26-4)19(11-17)27-5/h6-11,16H,12-13H2,1-5H3,(H,23,25)/t16-/m0/s1. The lowest BCUT2D eigenvalue weighted by atomic mass is 10.1. The number of benzene rings is 2. The van der Waals surface area contributed by atoms with Gasteiger partial charge in [0.25, 0.3) is 5.91 Å². The molecule has 0 bridgehead atoms. The number of hydrogen-bond acceptors (Lipinski definition) is 6. The second-order valence-electron chi connectivity index (χ2n) is 6.55. The zero-order valence-electron chi connectivity index (χ0n) is 17.4. The molecule has 156 valence electrons. The van der Waals surface area contributed by atoms with Gasteiger partial charge in [-0.1, -0.05) is 24.3 Å². The fourth-order valence-electron chi connectivity index (χ4n) is 2.77. The first-order chi connectivity index (χ1) is 13.8. The summed E-state index contributed by atoms with van der Waals surface area (Å²) in [7, 11) is 3.10. The lowest BCUT2D eigenvalue weighted by Gasteiger charge is -2.15. The third kappa shape index (κ3) is 6.14. The smallest absolute Gasteiger partial charge is 0.344 e. The van der Waals surface area contributed by atoms with E-state index in [-0.39, 0.29) is 13.2 Å². The Morgan fingerprint density at radius 1 is 1.00 bits per heavy atom. The maximum Gasteiger partial charge on any atom is 0.344 e. The van der Waals surface area contributed by atoms with Crippen molar-refractivity contribution in [2.75, 3.05) is 20.8 Å². The number of methoxy groups -OCH3 is 2. The van der Waals surface area contributed by atoms with Crippen molar-refractivity contribution in [3.63, 3.8) is 0 Å². The van der Waals surface area contributed by atoms with Crippen LogP contribution in [-0.4, -0.2) is 38.8 Å². The minimum absolute atomic E-state index is 0.264. The van der Waals surface area contributed by atoms with Gasteiger partial charge in [0.15, 0.2) is 24.2 Å². The van der Waals surface area contributed by atoms with Crippen molar-refractivity contribution in [1.82, 2.24) is 5.32 Å². The van der Waals surface area contributed by atoms with Crippen LogP contribution in [0.1, 0.15) is 23.6 Å². The van der Waals surface area contributed by atoms with Gasteiger partial charge in [0.05, 0.1) is 14.2 Å². The summed E-state index contributed by atoms with van der Waals surface area (Å²) >= 11 is 0. The summed E-state index contributed by atoms with van der Waals surface area (Å²) in [4.78, 5) is 24.3. The van der Waals surface area contributed by atoms with Gasteiger partial charge in [0, 0.05) is 6.54 Å². The Morgan fingerprint density at radius 2 is 1.66 bits per heavy atom. The monoisotopic (exact) mass is 401 g/mol. The largest absolute Gasteiger partial charge is 0.493 e. The minimum Gasteiger partial charge on any atom is -0.493 e. The van der Waals surface area contributed by atoms with E-state index >= 15 is 0 Å². The number of ether oxygens (including phenoxy) is 4. The molecule has 0 radical (unpaired) electrons. The molecule has 7 heteroatoms. The van der Waals surface area contributed by atoms with E-state index in [4.69, 9.17) is 18.9 Å². The molecule has 0 unspecified atom stereocenters. The topological polar surface area (TPSA) is 83.1 Å². The normalized spacial score (nSPS) is 11.3. The maximum atomic E-state index is 12.2. The summed E-state index contributed by atoms with van der Waals surface area (Å²) in [5.41, 5.74) is 2.69. The number of rotatable bonds is 9. The fourth-order valence-corrected chi connectivity index (χ4v) is 2.77. The molecule has 2 aromatic carbocycles. The summed E-state index contributed by atoms with van der Waals surface area (Å²) in [5.74, 6) is 0.813. The summed E-state index contributed by atoms with van der Waals surface area (Å²) in [6.45, 7) is 5.32. The molecule has 2 rings (SSSR count). The Bertz CT molecular complexity index is 844. The third-order valence-electron chi connectivity index (χ3n) is 4.34. The molecule has 7 nitrogen and oxygen atoms in total. The molecule has 2 aromatic rings. The molecule has 0 aliphatic carbocycles. The van der Waals surface area contributed by atoms with Crippen LogP contribution < -0.4 is 19.5 Å². The van der Waals surface area contributed by atoms with Crippen LogP contribution in [0.25, 0.3) is 0 Å². The Morgan fingerprint density at radius 3 is 2.28 bits per heavy atom. The predicted molar refractivity (Wildman–Crippen MR) is 108 cm³/mol. The molecule has 1 N–H and O–H groups in total. The van der Waals surface area contributed by atoms with Crippen molar-refractivity contribution in [3.8, 4) is 17.2 Å². The average molecular weight is 401 g/mol. The third-order valence-corrected chi connectivity index (χ3v) is 4.34. The molecule has 0 aliphatic heterocycles. The highest BCUT2D eigenvalue weighted by atomic mass is 16.6. The first kappa shape index (κ1) is 22.1. The van der Waals surface area contributed by atoms with Crippen LogP contribution in [0.3, 0.4) is 0 Å². The molecular formula is C22H27NO6. The zero-order valence-corrected chi connectivity index (χ0v) is 17.4. The van der Waals surface area contributed by atoms with Gasteiger partial charge < -0.3 is 24.3 Å². The summed E-state index contributed by atoms with van der Waals surface area (Å²) in [5, 5.41) is 2.73. The molecule has 0 spiro atoms. The number of amides is 1. The molecule has 1 amide bonds. The van der Waals surface area contributed by atoms with Gasteiger partial charge in [-0.15, -0.1) is 0 Å². The van der Waals surface area contributed by atoms with Gasteiger partial charge in [0.2, 0.25) is 0 Å². The van der Waals surface area contributed by atoms with Crippen molar-refractivity contribution in [1.29, 1.82) is 0 Å². The van der Waals surface area contributed by atoms with Crippen molar-refractivity contribution >= 4 is 11.9 Å². The highest BCUT2D eigenvalue weighted by Gasteiger charge is 2.18. The Hall–Kier alpha value is -3.22. The molecule has 0 aromatic heterocycles. The van der Waals surface area contributed by atoms with E-state index in [1.54, 1.807) is 26.4 Å². The number of esters is 1. The number of carbonyl (C=O) groups excluding carboxylic acids is 2. The van der Waals surface area contributed by atoms with E-state index in [1.165, 1.54) is 6.92 Å². The first-order valence-electron chi connectivity index (χ1n) is 9.22. The van der Waals surface area contributed by atoms with E-state index in [2.05, 4.69) is 5.32 Å². The Labute approximate surface area is 170 Å². The minimum atomic E-state index is -0.941. The van der Waals surface area contributed by atoms with Gasteiger partial charge in [-0.3, -0.25) is 4.79 Å². The molecule has 0 fully saturated rings. The van der Waals surface area contributed by atoms with E-state index in [9.17, 15) is 9.59 Å². The number of nitrogens with one attached hydrogen (secondary N) is 1. The number of aryl methyl sites for hydroxylation is 2. The van der Waals surface area contributed by atoms with E-state index in [0.29, 0.717) is 17.2 Å².